The van der Waals surface area contributed by atoms with Crippen molar-refractivity contribution in [1.82, 2.24) is 0 Å². The smallest absolute Gasteiger partial charge is 0.306 e. The summed E-state index contributed by atoms with van der Waals surface area (Å²) in [5.74, 6) is -1.04. The Morgan fingerprint density at radius 3 is 1.44 bits per heavy atom. The fourth-order valence-corrected chi connectivity index (χ4v) is 5.21. The first-order valence-corrected chi connectivity index (χ1v) is 20.7. The fraction of sp³-hybridized carbons (Fsp3) is 0.630. The summed E-state index contributed by atoms with van der Waals surface area (Å²) >= 11 is 0. The first kappa shape index (κ1) is 48.6. The zero-order valence-electron chi connectivity index (χ0n) is 33.3. The van der Waals surface area contributed by atoms with E-state index in [9.17, 15) is 14.4 Å². The summed E-state index contributed by atoms with van der Waals surface area (Å²) in [6.07, 6.45) is 50.1. The first-order chi connectivity index (χ1) is 25.5. The predicted molar refractivity (Wildman–Crippen MR) is 219 cm³/mol. The monoisotopic (exact) mass is 723 g/mol. The van der Waals surface area contributed by atoms with Crippen molar-refractivity contribution in [3.05, 3.63) is 85.1 Å². The number of allylic oxidation sites excluding steroid dienone is 14. The lowest BCUT2D eigenvalue weighted by Crippen LogP contribution is -2.30. The van der Waals surface area contributed by atoms with E-state index in [1.807, 2.05) is 54.7 Å². The van der Waals surface area contributed by atoms with Gasteiger partial charge in [0.1, 0.15) is 13.2 Å². The van der Waals surface area contributed by atoms with Gasteiger partial charge in [0.05, 0.1) is 0 Å². The topological polar surface area (TPSA) is 78.9 Å². The van der Waals surface area contributed by atoms with E-state index in [1.165, 1.54) is 57.8 Å². The van der Waals surface area contributed by atoms with Crippen LogP contribution in [-0.2, 0) is 28.6 Å². The summed E-state index contributed by atoms with van der Waals surface area (Å²) in [6, 6.07) is 0. The molecule has 0 aromatic carbocycles. The molecule has 0 aliphatic rings. The Labute approximate surface area is 318 Å². The molecule has 1 unspecified atom stereocenters. The third-order valence-electron chi connectivity index (χ3n) is 8.27. The number of ether oxygens (including phenoxy) is 3. The highest BCUT2D eigenvalue weighted by Gasteiger charge is 2.19. The van der Waals surface area contributed by atoms with Gasteiger partial charge < -0.3 is 14.2 Å². The Morgan fingerprint density at radius 2 is 0.865 bits per heavy atom. The molecular weight excluding hydrogens is 648 g/mol. The third-order valence-corrected chi connectivity index (χ3v) is 8.27. The average Bonchev–Trinajstić information content (AvgIpc) is 3.14. The SMILES string of the molecule is CC\C=C/C=C\C=C/C=C\C=C/CCCC(=O)OCC(COC(=O)CCCC/C=C\C/C=C\CC)OC(=O)CCCCCCCCCCCCCC. The minimum Gasteiger partial charge on any atom is -0.462 e. The van der Waals surface area contributed by atoms with Crippen LogP contribution < -0.4 is 0 Å². The van der Waals surface area contributed by atoms with Gasteiger partial charge in [-0.05, 0) is 57.8 Å². The van der Waals surface area contributed by atoms with Crippen molar-refractivity contribution in [2.24, 2.45) is 0 Å². The lowest BCUT2D eigenvalue weighted by molar-refractivity contribution is -0.167. The molecule has 1 atom stereocenters. The summed E-state index contributed by atoms with van der Waals surface area (Å²) in [4.78, 5) is 37.5. The van der Waals surface area contributed by atoms with Crippen LogP contribution in [0.3, 0.4) is 0 Å². The van der Waals surface area contributed by atoms with E-state index in [0.717, 1.165) is 64.2 Å². The van der Waals surface area contributed by atoms with Crippen molar-refractivity contribution in [2.75, 3.05) is 13.2 Å². The van der Waals surface area contributed by atoms with Crippen LogP contribution in [0.5, 0.6) is 0 Å². The van der Waals surface area contributed by atoms with Crippen LogP contribution >= 0.6 is 0 Å². The first-order valence-electron chi connectivity index (χ1n) is 20.7. The molecule has 0 bridgehead atoms. The molecule has 0 aliphatic carbocycles. The van der Waals surface area contributed by atoms with Gasteiger partial charge in [-0.3, -0.25) is 14.4 Å². The normalized spacial score (nSPS) is 12.9. The molecule has 0 fully saturated rings. The molecule has 0 aromatic heterocycles. The molecule has 0 radical (unpaired) electrons. The summed E-state index contributed by atoms with van der Waals surface area (Å²) in [7, 11) is 0. The van der Waals surface area contributed by atoms with Gasteiger partial charge in [0, 0.05) is 19.3 Å². The van der Waals surface area contributed by atoms with E-state index in [0.29, 0.717) is 19.3 Å². The van der Waals surface area contributed by atoms with Crippen LogP contribution in [0.4, 0.5) is 0 Å². The van der Waals surface area contributed by atoms with Crippen LogP contribution in [0.2, 0.25) is 0 Å². The van der Waals surface area contributed by atoms with E-state index in [-0.39, 0.29) is 37.5 Å². The maximum absolute atomic E-state index is 12.7. The molecular formula is C46H74O6. The van der Waals surface area contributed by atoms with Crippen molar-refractivity contribution >= 4 is 17.9 Å². The van der Waals surface area contributed by atoms with Crippen LogP contribution in [0, 0.1) is 0 Å². The average molecular weight is 723 g/mol. The Hall–Kier alpha value is -3.41. The van der Waals surface area contributed by atoms with Gasteiger partial charge in [-0.25, -0.2) is 0 Å². The predicted octanol–water partition coefficient (Wildman–Crippen LogP) is 12.9. The number of esters is 3. The van der Waals surface area contributed by atoms with Gasteiger partial charge in [-0.15, -0.1) is 0 Å². The van der Waals surface area contributed by atoms with E-state index >= 15 is 0 Å². The van der Waals surface area contributed by atoms with Gasteiger partial charge in [0.2, 0.25) is 0 Å². The zero-order valence-corrected chi connectivity index (χ0v) is 33.3. The number of unbranched alkanes of at least 4 members (excludes halogenated alkanes) is 14. The Kier molecular flexibility index (Phi) is 37.7. The maximum atomic E-state index is 12.7. The van der Waals surface area contributed by atoms with Crippen molar-refractivity contribution in [1.29, 1.82) is 0 Å². The molecule has 0 spiro atoms. The number of rotatable bonds is 35. The zero-order chi connectivity index (χ0) is 38.0. The molecule has 0 N–H and O–H groups in total. The lowest BCUT2D eigenvalue weighted by atomic mass is 10.0. The van der Waals surface area contributed by atoms with E-state index in [2.05, 4.69) is 51.2 Å². The quantitative estimate of drug-likeness (QED) is 0.0213. The molecule has 0 aromatic rings. The molecule has 6 heteroatoms. The second kappa shape index (κ2) is 40.4. The molecule has 294 valence electrons. The van der Waals surface area contributed by atoms with Gasteiger partial charge in [-0.2, -0.15) is 0 Å². The van der Waals surface area contributed by atoms with E-state index in [4.69, 9.17) is 14.2 Å². The molecule has 6 nitrogen and oxygen atoms in total. The second-order valence-corrected chi connectivity index (χ2v) is 13.3. The Morgan fingerprint density at radius 1 is 0.423 bits per heavy atom. The highest BCUT2D eigenvalue weighted by molar-refractivity contribution is 5.71. The molecule has 52 heavy (non-hydrogen) atoms. The minimum atomic E-state index is -0.813. The minimum absolute atomic E-state index is 0.116. The van der Waals surface area contributed by atoms with Crippen molar-refractivity contribution in [3.63, 3.8) is 0 Å². The molecule has 0 saturated heterocycles. The van der Waals surface area contributed by atoms with Crippen LogP contribution in [0.25, 0.3) is 0 Å². The van der Waals surface area contributed by atoms with E-state index < -0.39 is 6.10 Å². The highest BCUT2D eigenvalue weighted by atomic mass is 16.6. The summed E-state index contributed by atoms with van der Waals surface area (Å²) < 4.78 is 16.5. The molecule has 0 amide bonds. The summed E-state index contributed by atoms with van der Waals surface area (Å²) in [5, 5.41) is 0. The van der Waals surface area contributed by atoms with Crippen LogP contribution in [0.1, 0.15) is 168 Å². The van der Waals surface area contributed by atoms with Crippen molar-refractivity contribution in [3.8, 4) is 0 Å². The molecule has 0 heterocycles. The second-order valence-electron chi connectivity index (χ2n) is 13.3. The Bertz CT molecular complexity index is 1060. The molecule has 0 aliphatic heterocycles. The summed E-state index contributed by atoms with van der Waals surface area (Å²) in [6.45, 7) is 6.23. The van der Waals surface area contributed by atoms with Crippen molar-refractivity contribution in [2.45, 2.75) is 175 Å². The van der Waals surface area contributed by atoms with Crippen LogP contribution in [-0.4, -0.2) is 37.2 Å². The van der Waals surface area contributed by atoms with Gasteiger partial charge in [-0.1, -0.05) is 176 Å². The van der Waals surface area contributed by atoms with Gasteiger partial charge in [0.25, 0.3) is 0 Å². The number of hydrogen-bond acceptors (Lipinski definition) is 6. The van der Waals surface area contributed by atoms with Crippen LogP contribution in [0.15, 0.2) is 85.1 Å². The summed E-state index contributed by atoms with van der Waals surface area (Å²) in [5.41, 5.74) is 0. The number of hydrogen-bond donors (Lipinski definition) is 0. The largest absolute Gasteiger partial charge is 0.462 e. The third kappa shape index (κ3) is 37.8. The van der Waals surface area contributed by atoms with Crippen molar-refractivity contribution < 1.29 is 28.6 Å². The molecule has 0 rings (SSSR count). The Balaban J connectivity index is 4.54. The van der Waals surface area contributed by atoms with Gasteiger partial charge >= 0.3 is 17.9 Å². The number of carbonyl (C=O) groups excluding carboxylic acids is 3. The lowest BCUT2D eigenvalue weighted by Gasteiger charge is -2.18. The maximum Gasteiger partial charge on any atom is 0.306 e. The highest BCUT2D eigenvalue weighted by Crippen LogP contribution is 2.13. The number of carbonyl (C=O) groups is 3. The standard InChI is InChI=1S/C46H74O6/c1-4-7-10-13-16-19-21-23-25-27-30-33-36-39-45(48)51-42-43(41-50-44(47)38-35-32-29-26-18-15-12-9-6-3)52-46(49)40-37-34-31-28-24-22-20-17-14-11-8-5-2/h7,9-10,12-13,16,18-19,21,23,25-27,30,43H,4-6,8,11,14-15,17,20,22,24,28-29,31-42H2,1-3H3/b10-7-,12-9-,16-13-,21-19-,25-23-,26-18-,30-27-. The fourth-order valence-electron chi connectivity index (χ4n) is 5.21. The molecule has 0 saturated carbocycles. The van der Waals surface area contributed by atoms with Gasteiger partial charge in [0.15, 0.2) is 6.10 Å². The van der Waals surface area contributed by atoms with E-state index in [1.54, 1.807) is 0 Å².